The van der Waals surface area contributed by atoms with Gasteiger partial charge in [0.2, 0.25) is 0 Å². The highest BCUT2D eigenvalue weighted by Gasteiger charge is 2.15. The molecule has 4 aromatic rings. The number of nitrogens with one attached hydrogen (secondary N) is 1. The van der Waals surface area contributed by atoms with Crippen LogP contribution < -0.4 is 10.9 Å². The van der Waals surface area contributed by atoms with Crippen molar-refractivity contribution in [3.05, 3.63) is 87.7 Å². The lowest BCUT2D eigenvalue weighted by Gasteiger charge is -2.07. The maximum absolute atomic E-state index is 12.5. The van der Waals surface area contributed by atoms with E-state index < -0.39 is 11.5 Å². The molecular weight excluding hydrogens is 338 g/mol. The second kappa shape index (κ2) is 6.07. The van der Waals surface area contributed by atoms with Crippen LogP contribution in [-0.2, 0) is 0 Å². The van der Waals surface area contributed by atoms with Crippen LogP contribution in [0.15, 0.2) is 75.9 Å². The third-order valence-electron chi connectivity index (χ3n) is 3.97. The lowest BCUT2D eigenvalue weighted by molar-refractivity contribution is 0.102. The Morgan fingerprint density at radius 3 is 2.60 bits per heavy atom. The molecule has 0 spiro atoms. The molecule has 0 radical (unpaired) electrons. The molecule has 1 N–H and O–H groups in total. The van der Waals surface area contributed by atoms with Crippen molar-refractivity contribution in [3.8, 4) is 0 Å². The molecule has 5 heteroatoms. The highest BCUT2D eigenvalue weighted by Crippen LogP contribution is 2.25. The molecule has 0 aliphatic carbocycles. The van der Waals surface area contributed by atoms with Crippen LogP contribution in [-0.4, -0.2) is 5.91 Å². The van der Waals surface area contributed by atoms with Crippen LogP contribution >= 0.6 is 11.6 Å². The molecule has 3 aromatic carbocycles. The summed E-state index contributed by atoms with van der Waals surface area (Å²) in [4.78, 5) is 24.7. The van der Waals surface area contributed by atoms with Gasteiger partial charge in [0.25, 0.3) is 5.91 Å². The van der Waals surface area contributed by atoms with Gasteiger partial charge in [-0.15, -0.1) is 0 Å². The first-order valence-electron chi connectivity index (χ1n) is 7.64. The van der Waals surface area contributed by atoms with Crippen LogP contribution in [0.1, 0.15) is 10.4 Å². The van der Waals surface area contributed by atoms with E-state index in [1.807, 2.05) is 30.3 Å². The fourth-order valence-electron chi connectivity index (χ4n) is 2.79. The second-order valence-corrected chi connectivity index (χ2v) is 6.05. The molecule has 4 nitrogen and oxygen atoms in total. The molecule has 0 fully saturated rings. The van der Waals surface area contributed by atoms with E-state index in [0.717, 1.165) is 10.8 Å². The molecule has 4 rings (SSSR count). The van der Waals surface area contributed by atoms with Crippen LogP contribution in [0.4, 0.5) is 5.69 Å². The Labute approximate surface area is 147 Å². The van der Waals surface area contributed by atoms with Crippen molar-refractivity contribution in [1.82, 2.24) is 0 Å². The summed E-state index contributed by atoms with van der Waals surface area (Å²) in [6.07, 6.45) is 0. The topological polar surface area (TPSA) is 59.3 Å². The van der Waals surface area contributed by atoms with Gasteiger partial charge in [-0.05, 0) is 41.1 Å². The molecule has 1 aromatic heterocycles. The van der Waals surface area contributed by atoms with Crippen molar-refractivity contribution in [3.63, 3.8) is 0 Å². The number of amides is 1. The van der Waals surface area contributed by atoms with Gasteiger partial charge < -0.3 is 9.73 Å². The van der Waals surface area contributed by atoms with E-state index in [4.69, 9.17) is 16.0 Å². The van der Waals surface area contributed by atoms with Gasteiger partial charge >= 0.3 is 5.63 Å². The Balaban J connectivity index is 1.83. The number of carbonyl (C=O) groups excluding carboxylic acids is 1. The van der Waals surface area contributed by atoms with Gasteiger partial charge in [0.15, 0.2) is 0 Å². The van der Waals surface area contributed by atoms with Crippen LogP contribution in [0.5, 0.6) is 0 Å². The molecule has 0 aliphatic rings. The Kier molecular flexibility index (Phi) is 3.75. The summed E-state index contributed by atoms with van der Waals surface area (Å²) >= 11 is 5.92. The van der Waals surface area contributed by atoms with E-state index in [1.54, 1.807) is 36.4 Å². The zero-order valence-electron chi connectivity index (χ0n) is 13.0. The number of hydrogen-bond donors (Lipinski definition) is 1. The highest BCUT2D eigenvalue weighted by molar-refractivity contribution is 6.31. The Morgan fingerprint density at radius 1 is 0.920 bits per heavy atom. The van der Waals surface area contributed by atoms with Crippen LogP contribution in [0, 0.1) is 0 Å². The molecule has 0 aliphatic heterocycles. The summed E-state index contributed by atoms with van der Waals surface area (Å²) in [5.74, 6) is -0.536. The predicted octanol–water partition coefficient (Wildman–Crippen LogP) is 4.85. The quantitative estimate of drug-likeness (QED) is 0.415. The standard InChI is InChI=1S/C20H12ClNO3/c21-13-5-3-6-14(10-13)22-19(23)17-11-16-15-7-2-1-4-12(15)8-9-18(16)25-20(17)24/h1-11H,(H,22,23). The van der Waals surface area contributed by atoms with Gasteiger partial charge in [0, 0.05) is 16.1 Å². The minimum atomic E-state index is -0.678. The summed E-state index contributed by atoms with van der Waals surface area (Å²) in [7, 11) is 0. The monoisotopic (exact) mass is 349 g/mol. The number of anilines is 1. The maximum atomic E-state index is 12.5. The summed E-state index contributed by atoms with van der Waals surface area (Å²) < 4.78 is 5.34. The van der Waals surface area contributed by atoms with E-state index in [9.17, 15) is 9.59 Å². The second-order valence-electron chi connectivity index (χ2n) is 5.61. The van der Waals surface area contributed by atoms with Gasteiger partial charge in [-0.2, -0.15) is 0 Å². The first kappa shape index (κ1) is 15.4. The average Bonchev–Trinajstić information content (AvgIpc) is 2.61. The van der Waals surface area contributed by atoms with Crippen molar-refractivity contribution in [1.29, 1.82) is 0 Å². The fraction of sp³-hybridized carbons (Fsp3) is 0. The number of rotatable bonds is 2. The highest BCUT2D eigenvalue weighted by atomic mass is 35.5. The molecular formula is C20H12ClNO3. The van der Waals surface area contributed by atoms with Gasteiger partial charge in [0.1, 0.15) is 11.1 Å². The minimum Gasteiger partial charge on any atom is -0.422 e. The molecule has 0 saturated carbocycles. The lowest BCUT2D eigenvalue weighted by Crippen LogP contribution is -2.20. The summed E-state index contributed by atoms with van der Waals surface area (Å²) in [5.41, 5.74) is 0.226. The Morgan fingerprint density at radius 2 is 1.76 bits per heavy atom. The summed E-state index contributed by atoms with van der Waals surface area (Å²) in [5, 5.41) is 5.80. The number of fused-ring (bicyclic) bond motifs is 3. The largest absolute Gasteiger partial charge is 0.422 e. The molecule has 1 amide bonds. The van der Waals surface area contributed by atoms with Crippen molar-refractivity contribution in [2.75, 3.05) is 5.32 Å². The van der Waals surface area contributed by atoms with Gasteiger partial charge in [0.05, 0.1) is 0 Å². The van der Waals surface area contributed by atoms with Crippen molar-refractivity contribution >= 4 is 44.9 Å². The third-order valence-corrected chi connectivity index (χ3v) is 4.20. The number of halogens is 1. The minimum absolute atomic E-state index is 0.0520. The summed E-state index contributed by atoms with van der Waals surface area (Å²) in [6, 6.07) is 19.6. The Bertz CT molecular complexity index is 1180. The molecule has 122 valence electrons. The number of hydrogen-bond acceptors (Lipinski definition) is 3. The molecule has 0 atom stereocenters. The Hall–Kier alpha value is -3.11. The van der Waals surface area contributed by atoms with E-state index in [2.05, 4.69) is 5.32 Å². The van der Waals surface area contributed by atoms with Crippen molar-refractivity contribution < 1.29 is 9.21 Å². The smallest absolute Gasteiger partial charge is 0.349 e. The van der Waals surface area contributed by atoms with Crippen LogP contribution in [0.25, 0.3) is 21.7 Å². The predicted molar refractivity (Wildman–Crippen MR) is 99.4 cm³/mol. The van der Waals surface area contributed by atoms with Crippen LogP contribution in [0.3, 0.4) is 0 Å². The van der Waals surface area contributed by atoms with Crippen molar-refractivity contribution in [2.24, 2.45) is 0 Å². The zero-order valence-corrected chi connectivity index (χ0v) is 13.7. The maximum Gasteiger partial charge on any atom is 0.349 e. The van der Waals surface area contributed by atoms with Crippen molar-refractivity contribution in [2.45, 2.75) is 0 Å². The SMILES string of the molecule is O=C(Nc1cccc(Cl)c1)c1cc2c(ccc3ccccc32)oc1=O. The van der Waals surface area contributed by atoms with Gasteiger partial charge in [-0.25, -0.2) is 4.79 Å². The van der Waals surface area contributed by atoms with E-state index in [1.165, 1.54) is 0 Å². The van der Waals surface area contributed by atoms with Crippen LogP contribution in [0.2, 0.25) is 5.02 Å². The van der Waals surface area contributed by atoms with E-state index in [0.29, 0.717) is 21.7 Å². The van der Waals surface area contributed by atoms with E-state index in [-0.39, 0.29) is 5.56 Å². The molecule has 1 heterocycles. The molecule has 0 unspecified atom stereocenters. The first-order valence-corrected chi connectivity index (χ1v) is 8.02. The van der Waals surface area contributed by atoms with Gasteiger partial charge in [-0.1, -0.05) is 48.0 Å². The molecule has 0 bridgehead atoms. The zero-order chi connectivity index (χ0) is 17.4. The average molecular weight is 350 g/mol. The molecule has 0 saturated heterocycles. The first-order chi connectivity index (χ1) is 12.1. The normalized spacial score (nSPS) is 10.9. The summed E-state index contributed by atoms with van der Waals surface area (Å²) in [6.45, 7) is 0. The third kappa shape index (κ3) is 2.88. The molecule has 25 heavy (non-hydrogen) atoms. The lowest BCUT2D eigenvalue weighted by atomic mass is 10.0. The van der Waals surface area contributed by atoms with Gasteiger partial charge in [-0.3, -0.25) is 4.79 Å². The number of benzene rings is 3. The number of carbonyl (C=O) groups is 1. The van der Waals surface area contributed by atoms with E-state index >= 15 is 0 Å². The fourth-order valence-corrected chi connectivity index (χ4v) is 2.98.